The fourth-order valence-corrected chi connectivity index (χ4v) is 3.00. The second-order valence-corrected chi connectivity index (χ2v) is 5.79. The van der Waals surface area contributed by atoms with Gasteiger partial charge in [0.15, 0.2) is 17.8 Å². The Morgan fingerprint density at radius 1 is 0.889 bits per heavy atom. The standard InChI is InChI=1S/C20H18N2O5/c1-23-15-9-14(10-16(24-2)17(15)25-3)18-20(11-21,12-22)27-19(26-18)13-7-5-4-6-8-13/h4-10,18-19H,1-3H3/t18-,19+/m0/s1. The van der Waals surface area contributed by atoms with E-state index < -0.39 is 18.0 Å². The number of hydrogen-bond acceptors (Lipinski definition) is 7. The number of hydrogen-bond donors (Lipinski definition) is 0. The summed E-state index contributed by atoms with van der Waals surface area (Å²) in [5.74, 6) is 1.19. The van der Waals surface area contributed by atoms with Crippen LogP contribution in [-0.4, -0.2) is 26.9 Å². The Morgan fingerprint density at radius 2 is 1.48 bits per heavy atom. The lowest BCUT2D eigenvalue weighted by Crippen LogP contribution is -2.30. The maximum Gasteiger partial charge on any atom is 0.274 e. The second kappa shape index (κ2) is 7.55. The van der Waals surface area contributed by atoms with E-state index in [1.807, 2.05) is 42.5 Å². The van der Waals surface area contributed by atoms with Crippen molar-refractivity contribution in [1.29, 1.82) is 10.5 Å². The van der Waals surface area contributed by atoms with E-state index in [4.69, 9.17) is 23.7 Å². The molecule has 3 rings (SSSR count). The molecule has 1 aliphatic rings. The predicted octanol–water partition coefficient (Wildman–Crippen LogP) is 3.29. The maximum absolute atomic E-state index is 9.70. The van der Waals surface area contributed by atoms with Gasteiger partial charge in [-0.3, -0.25) is 0 Å². The molecule has 2 aromatic rings. The van der Waals surface area contributed by atoms with Gasteiger partial charge in [-0.15, -0.1) is 0 Å². The molecule has 0 radical (unpaired) electrons. The monoisotopic (exact) mass is 366 g/mol. The van der Waals surface area contributed by atoms with Crippen LogP contribution in [0.1, 0.15) is 23.5 Å². The Bertz CT molecular complexity index is 862. The molecule has 0 amide bonds. The van der Waals surface area contributed by atoms with Crippen molar-refractivity contribution in [1.82, 2.24) is 0 Å². The van der Waals surface area contributed by atoms with Crippen LogP contribution >= 0.6 is 0 Å². The quantitative estimate of drug-likeness (QED) is 0.801. The number of nitriles is 2. The number of benzene rings is 2. The van der Waals surface area contributed by atoms with Gasteiger partial charge in [0.2, 0.25) is 5.75 Å². The molecule has 7 nitrogen and oxygen atoms in total. The highest BCUT2D eigenvalue weighted by atomic mass is 16.7. The largest absolute Gasteiger partial charge is 0.493 e. The molecule has 0 saturated carbocycles. The van der Waals surface area contributed by atoms with E-state index >= 15 is 0 Å². The van der Waals surface area contributed by atoms with Crippen LogP contribution in [0.4, 0.5) is 0 Å². The van der Waals surface area contributed by atoms with Gasteiger partial charge in [0, 0.05) is 5.56 Å². The zero-order valence-corrected chi connectivity index (χ0v) is 15.1. The Morgan fingerprint density at radius 3 is 1.96 bits per heavy atom. The van der Waals surface area contributed by atoms with Crippen LogP contribution in [0.2, 0.25) is 0 Å². The zero-order chi connectivity index (χ0) is 19.4. The summed E-state index contributed by atoms with van der Waals surface area (Å²) in [4.78, 5) is 0. The van der Waals surface area contributed by atoms with Gasteiger partial charge in [-0.25, -0.2) is 0 Å². The third kappa shape index (κ3) is 3.15. The molecule has 1 fully saturated rings. The molecule has 138 valence electrons. The van der Waals surface area contributed by atoms with Crippen LogP contribution in [0.25, 0.3) is 0 Å². The van der Waals surface area contributed by atoms with E-state index in [-0.39, 0.29) is 0 Å². The third-order valence-corrected chi connectivity index (χ3v) is 4.32. The minimum atomic E-state index is -1.81. The van der Waals surface area contributed by atoms with E-state index in [0.29, 0.717) is 28.4 Å². The summed E-state index contributed by atoms with van der Waals surface area (Å²) in [5.41, 5.74) is -0.598. The van der Waals surface area contributed by atoms with Gasteiger partial charge in [-0.2, -0.15) is 10.5 Å². The van der Waals surface area contributed by atoms with Gasteiger partial charge in [0.1, 0.15) is 18.2 Å². The van der Waals surface area contributed by atoms with E-state index in [1.165, 1.54) is 21.3 Å². The molecule has 1 heterocycles. The molecular weight excluding hydrogens is 348 g/mol. The Balaban J connectivity index is 2.09. The second-order valence-electron chi connectivity index (χ2n) is 5.79. The molecule has 0 N–H and O–H groups in total. The number of ether oxygens (including phenoxy) is 5. The van der Waals surface area contributed by atoms with Crippen molar-refractivity contribution in [2.75, 3.05) is 21.3 Å². The van der Waals surface area contributed by atoms with Crippen molar-refractivity contribution in [3.05, 3.63) is 53.6 Å². The number of methoxy groups -OCH3 is 3. The lowest BCUT2D eigenvalue weighted by molar-refractivity contribution is -0.0718. The van der Waals surface area contributed by atoms with E-state index in [9.17, 15) is 10.5 Å². The van der Waals surface area contributed by atoms with Crippen LogP contribution in [-0.2, 0) is 9.47 Å². The zero-order valence-electron chi connectivity index (χ0n) is 15.1. The highest BCUT2D eigenvalue weighted by Crippen LogP contribution is 2.49. The fourth-order valence-electron chi connectivity index (χ4n) is 3.00. The smallest absolute Gasteiger partial charge is 0.274 e. The van der Waals surface area contributed by atoms with E-state index in [0.717, 1.165) is 0 Å². The summed E-state index contributed by atoms with van der Waals surface area (Å²) >= 11 is 0. The molecule has 0 aromatic heterocycles. The van der Waals surface area contributed by atoms with Gasteiger partial charge < -0.3 is 23.7 Å². The highest BCUT2D eigenvalue weighted by molar-refractivity contribution is 5.55. The van der Waals surface area contributed by atoms with Crippen molar-refractivity contribution in [3.8, 4) is 29.4 Å². The maximum atomic E-state index is 9.70. The number of nitrogens with zero attached hydrogens (tertiary/aromatic N) is 2. The van der Waals surface area contributed by atoms with Gasteiger partial charge in [-0.1, -0.05) is 30.3 Å². The number of rotatable bonds is 5. The Labute approximate surface area is 157 Å². The molecule has 0 unspecified atom stereocenters. The summed E-state index contributed by atoms with van der Waals surface area (Å²) in [5, 5.41) is 19.4. The van der Waals surface area contributed by atoms with E-state index in [2.05, 4.69) is 0 Å². The summed E-state index contributed by atoms with van der Waals surface area (Å²) in [6, 6.07) is 16.3. The molecule has 1 aliphatic heterocycles. The summed E-state index contributed by atoms with van der Waals surface area (Å²) in [7, 11) is 4.47. The minimum absolute atomic E-state index is 0.392. The minimum Gasteiger partial charge on any atom is -0.493 e. The lowest BCUT2D eigenvalue weighted by atomic mass is 9.93. The fraction of sp³-hybridized carbons (Fsp3) is 0.300. The Kier molecular flexibility index (Phi) is 5.18. The van der Waals surface area contributed by atoms with Gasteiger partial charge >= 0.3 is 0 Å². The molecule has 2 aromatic carbocycles. The average molecular weight is 366 g/mol. The van der Waals surface area contributed by atoms with Crippen LogP contribution < -0.4 is 14.2 Å². The summed E-state index contributed by atoms with van der Waals surface area (Å²) in [6.45, 7) is 0. The topological polar surface area (TPSA) is 93.7 Å². The molecular formula is C20H18N2O5. The first-order valence-electron chi connectivity index (χ1n) is 8.13. The third-order valence-electron chi connectivity index (χ3n) is 4.32. The van der Waals surface area contributed by atoms with Crippen LogP contribution in [0.3, 0.4) is 0 Å². The molecule has 2 atom stereocenters. The summed E-state index contributed by atoms with van der Waals surface area (Å²) < 4.78 is 27.8. The normalized spacial score (nSPS) is 20.3. The van der Waals surface area contributed by atoms with Crippen molar-refractivity contribution in [2.24, 2.45) is 0 Å². The molecule has 27 heavy (non-hydrogen) atoms. The molecule has 7 heteroatoms. The predicted molar refractivity (Wildman–Crippen MR) is 94.1 cm³/mol. The molecule has 0 aliphatic carbocycles. The molecule has 0 bridgehead atoms. The van der Waals surface area contributed by atoms with Crippen molar-refractivity contribution < 1.29 is 23.7 Å². The van der Waals surface area contributed by atoms with E-state index in [1.54, 1.807) is 12.1 Å². The van der Waals surface area contributed by atoms with Crippen molar-refractivity contribution in [2.45, 2.75) is 18.0 Å². The first-order chi connectivity index (χ1) is 13.1. The van der Waals surface area contributed by atoms with Crippen molar-refractivity contribution in [3.63, 3.8) is 0 Å². The Hall–Kier alpha value is -3.26. The molecule has 0 spiro atoms. The first kappa shape index (κ1) is 18.5. The van der Waals surface area contributed by atoms with Gasteiger partial charge in [-0.05, 0) is 17.7 Å². The highest BCUT2D eigenvalue weighted by Gasteiger charge is 2.53. The van der Waals surface area contributed by atoms with Gasteiger partial charge in [0.25, 0.3) is 5.60 Å². The summed E-state index contributed by atoms with van der Waals surface area (Å²) in [6.07, 6.45) is -1.82. The van der Waals surface area contributed by atoms with Crippen molar-refractivity contribution >= 4 is 0 Å². The van der Waals surface area contributed by atoms with Crippen LogP contribution in [0.5, 0.6) is 17.2 Å². The van der Waals surface area contributed by atoms with Gasteiger partial charge in [0.05, 0.1) is 21.3 Å². The SMILES string of the molecule is COc1cc([C@@H]2O[C@@H](c3ccccc3)OC2(C#N)C#N)cc(OC)c1OC. The average Bonchev–Trinajstić information content (AvgIpc) is 3.13. The molecule has 1 saturated heterocycles. The lowest BCUT2D eigenvalue weighted by Gasteiger charge is -2.20. The van der Waals surface area contributed by atoms with Crippen LogP contribution in [0, 0.1) is 22.7 Å². The van der Waals surface area contributed by atoms with Crippen LogP contribution in [0.15, 0.2) is 42.5 Å². The first-order valence-corrected chi connectivity index (χ1v) is 8.13.